The van der Waals surface area contributed by atoms with Gasteiger partial charge in [-0.3, -0.25) is 0 Å². The predicted molar refractivity (Wildman–Crippen MR) is 76.5 cm³/mol. The van der Waals surface area contributed by atoms with E-state index in [-0.39, 0.29) is 0 Å². The molecule has 0 bridgehead atoms. The zero-order valence-corrected chi connectivity index (χ0v) is 10.6. The Morgan fingerprint density at radius 3 is 2.24 bits per heavy atom. The topological polar surface area (TPSA) is 26.0 Å². The molecule has 0 saturated carbocycles. The predicted octanol–water partition coefficient (Wildman–Crippen LogP) is 1.85. The smallest absolute Gasteiger partial charge is 0.191 e. The van der Waals surface area contributed by atoms with Crippen LogP contribution >= 0.6 is 0 Å². The van der Waals surface area contributed by atoms with Crippen molar-refractivity contribution in [3.05, 3.63) is 53.1 Å². The summed E-state index contributed by atoms with van der Waals surface area (Å²) in [6, 6.07) is 12.5. The van der Waals surface area contributed by atoms with E-state index in [1.54, 1.807) is 0 Å². The van der Waals surface area contributed by atoms with Gasteiger partial charge in [0.05, 0.1) is 0 Å². The van der Waals surface area contributed by atoms with Gasteiger partial charge in [-0.05, 0) is 44.0 Å². The molecule has 17 heavy (non-hydrogen) atoms. The van der Waals surface area contributed by atoms with Crippen LogP contribution in [0.5, 0.6) is 0 Å². The minimum atomic E-state index is 0.811. The molecule has 0 saturated heterocycles. The number of aryl methyl sites for hydroxylation is 3. The van der Waals surface area contributed by atoms with Gasteiger partial charge in [-0.1, -0.05) is 40.8 Å². The van der Waals surface area contributed by atoms with E-state index in [1.165, 1.54) is 27.6 Å². The summed E-state index contributed by atoms with van der Waals surface area (Å²) in [6.07, 6.45) is 0. The summed E-state index contributed by atoms with van der Waals surface area (Å²) in [6.45, 7) is 6.37. The Balaban J connectivity index is 2.31. The lowest BCUT2D eigenvalue weighted by Gasteiger charge is -2.08. The molecule has 0 amide bonds. The van der Waals surface area contributed by atoms with E-state index in [2.05, 4.69) is 52.3 Å². The molecule has 2 heteroatoms. The van der Waals surface area contributed by atoms with Crippen molar-refractivity contribution in [2.24, 2.45) is 0 Å². The molecule has 0 heterocycles. The van der Waals surface area contributed by atoms with Gasteiger partial charge < -0.3 is 5.73 Å². The Morgan fingerprint density at radius 1 is 0.824 bits per heavy atom. The Kier molecular flexibility index (Phi) is 3.23. The molecular formula is C15H17BN. The highest BCUT2D eigenvalue weighted by atomic mass is 14.5. The average molecular weight is 222 g/mol. The molecule has 2 aromatic carbocycles. The number of nitrogens with two attached hydrogens (primary N) is 1. The van der Waals surface area contributed by atoms with Crippen molar-refractivity contribution in [1.29, 1.82) is 0 Å². The lowest BCUT2D eigenvalue weighted by Crippen LogP contribution is -2.29. The molecular weight excluding hydrogens is 205 g/mol. The summed E-state index contributed by atoms with van der Waals surface area (Å²) in [5.74, 6) is 0. The third-order valence-electron chi connectivity index (χ3n) is 3.16. The summed E-state index contributed by atoms with van der Waals surface area (Å²) in [5, 5.41) is 0. The molecule has 0 aromatic heterocycles. The molecule has 0 unspecified atom stereocenters. The minimum absolute atomic E-state index is 0.811. The number of anilines is 1. The molecule has 0 aliphatic heterocycles. The van der Waals surface area contributed by atoms with Crippen LogP contribution < -0.4 is 16.7 Å². The van der Waals surface area contributed by atoms with Crippen LogP contribution in [0.15, 0.2) is 36.4 Å². The van der Waals surface area contributed by atoms with Crippen molar-refractivity contribution in [1.82, 2.24) is 0 Å². The third-order valence-corrected chi connectivity index (χ3v) is 3.16. The van der Waals surface area contributed by atoms with Crippen LogP contribution in [-0.2, 0) is 0 Å². The standard InChI is InChI=1S/C15H17BN/c1-10-4-6-13(8-12(10)3)16-15-9-14(17)7-5-11(15)2/h4-9H,17H2,1-3H3. The van der Waals surface area contributed by atoms with E-state index < -0.39 is 0 Å². The highest BCUT2D eigenvalue weighted by Crippen LogP contribution is 2.04. The van der Waals surface area contributed by atoms with Gasteiger partial charge in [0.1, 0.15) is 0 Å². The zero-order chi connectivity index (χ0) is 12.4. The number of hydrogen-bond acceptors (Lipinski definition) is 1. The molecule has 2 aromatic rings. The molecule has 1 nitrogen and oxygen atoms in total. The molecule has 85 valence electrons. The zero-order valence-electron chi connectivity index (χ0n) is 10.6. The van der Waals surface area contributed by atoms with E-state index in [0.29, 0.717) is 0 Å². The molecule has 0 aliphatic rings. The van der Waals surface area contributed by atoms with Crippen LogP contribution in [0.1, 0.15) is 16.7 Å². The van der Waals surface area contributed by atoms with E-state index in [4.69, 9.17) is 5.73 Å². The van der Waals surface area contributed by atoms with Gasteiger partial charge in [-0.15, -0.1) is 0 Å². The maximum absolute atomic E-state index is 5.82. The molecule has 0 fully saturated rings. The van der Waals surface area contributed by atoms with Gasteiger partial charge in [0.2, 0.25) is 0 Å². The van der Waals surface area contributed by atoms with Gasteiger partial charge in [0, 0.05) is 5.69 Å². The second-order valence-corrected chi connectivity index (χ2v) is 4.60. The van der Waals surface area contributed by atoms with Crippen molar-refractivity contribution < 1.29 is 0 Å². The van der Waals surface area contributed by atoms with Gasteiger partial charge in [0.15, 0.2) is 7.28 Å². The number of rotatable bonds is 2. The van der Waals surface area contributed by atoms with E-state index in [1.807, 2.05) is 12.1 Å². The van der Waals surface area contributed by atoms with E-state index >= 15 is 0 Å². The van der Waals surface area contributed by atoms with E-state index in [9.17, 15) is 0 Å². The Hall–Kier alpha value is -1.70. The number of hydrogen-bond donors (Lipinski definition) is 1. The lowest BCUT2D eigenvalue weighted by molar-refractivity contribution is 1.35. The fourth-order valence-electron chi connectivity index (χ4n) is 1.85. The normalized spacial score (nSPS) is 10.3. The average Bonchev–Trinajstić information content (AvgIpc) is 2.29. The van der Waals surface area contributed by atoms with Crippen molar-refractivity contribution in [2.45, 2.75) is 20.8 Å². The van der Waals surface area contributed by atoms with Crippen LogP contribution in [0.2, 0.25) is 0 Å². The largest absolute Gasteiger partial charge is 0.399 e. The molecule has 2 N–H and O–H groups in total. The molecule has 0 aliphatic carbocycles. The van der Waals surface area contributed by atoms with Crippen molar-refractivity contribution in [3.63, 3.8) is 0 Å². The minimum Gasteiger partial charge on any atom is -0.399 e. The Bertz CT molecular complexity index is 547. The maximum atomic E-state index is 5.82. The first-order valence-corrected chi connectivity index (χ1v) is 5.84. The molecule has 1 radical (unpaired) electrons. The monoisotopic (exact) mass is 222 g/mol. The second-order valence-electron chi connectivity index (χ2n) is 4.60. The van der Waals surface area contributed by atoms with Gasteiger partial charge >= 0.3 is 0 Å². The lowest BCUT2D eigenvalue weighted by atomic mass is 9.62. The highest BCUT2D eigenvalue weighted by molar-refractivity contribution is 6.67. The van der Waals surface area contributed by atoms with E-state index in [0.717, 1.165) is 5.69 Å². The van der Waals surface area contributed by atoms with Crippen molar-refractivity contribution in [3.8, 4) is 0 Å². The van der Waals surface area contributed by atoms with Gasteiger partial charge in [0.25, 0.3) is 0 Å². The second kappa shape index (κ2) is 4.66. The fraction of sp³-hybridized carbons (Fsp3) is 0.200. The first kappa shape index (κ1) is 11.8. The van der Waals surface area contributed by atoms with Gasteiger partial charge in [-0.2, -0.15) is 0 Å². The highest BCUT2D eigenvalue weighted by Gasteiger charge is 2.04. The Morgan fingerprint density at radius 2 is 1.53 bits per heavy atom. The van der Waals surface area contributed by atoms with Crippen molar-refractivity contribution in [2.75, 3.05) is 5.73 Å². The summed E-state index contributed by atoms with van der Waals surface area (Å²) < 4.78 is 0. The van der Waals surface area contributed by atoms with Crippen LogP contribution in [-0.4, -0.2) is 7.28 Å². The van der Waals surface area contributed by atoms with Crippen LogP contribution in [0.4, 0.5) is 5.69 Å². The molecule has 2 rings (SSSR count). The Labute approximate surface area is 104 Å². The fourth-order valence-corrected chi connectivity index (χ4v) is 1.85. The SMILES string of the molecule is Cc1ccc([B]c2cc(N)ccc2C)cc1C. The summed E-state index contributed by atoms with van der Waals surface area (Å²) >= 11 is 0. The third kappa shape index (κ3) is 2.70. The van der Waals surface area contributed by atoms with Gasteiger partial charge in [-0.25, -0.2) is 0 Å². The quantitative estimate of drug-likeness (QED) is 0.609. The number of nitrogen functional groups attached to an aromatic ring is 1. The first-order valence-electron chi connectivity index (χ1n) is 5.84. The molecule has 0 atom stereocenters. The van der Waals surface area contributed by atoms with Crippen LogP contribution in [0.25, 0.3) is 0 Å². The summed E-state index contributed by atoms with van der Waals surface area (Å²) in [5.41, 5.74) is 12.9. The number of benzene rings is 2. The van der Waals surface area contributed by atoms with Crippen molar-refractivity contribution >= 4 is 23.9 Å². The summed E-state index contributed by atoms with van der Waals surface area (Å²) in [4.78, 5) is 0. The first-order chi connectivity index (χ1) is 8.06. The van der Waals surface area contributed by atoms with Crippen LogP contribution in [0.3, 0.4) is 0 Å². The summed E-state index contributed by atoms with van der Waals surface area (Å²) in [7, 11) is 2.18. The molecule has 0 spiro atoms. The maximum Gasteiger partial charge on any atom is 0.191 e. The van der Waals surface area contributed by atoms with Crippen LogP contribution in [0, 0.1) is 20.8 Å².